The number of thiazole rings is 2. The van der Waals surface area contributed by atoms with Gasteiger partial charge in [0.2, 0.25) is 0 Å². The summed E-state index contributed by atoms with van der Waals surface area (Å²) in [6.45, 7) is 2.78. The minimum Gasteiger partial charge on any atom is -0.349 e. The van der Waals surface area contributed by atoms with Gasteiger partial charge in [-0.3, -0.25) is 14.0 Å². The Morgan fingerprint density at radius 2 is 2.22 bits per heavy atom. The molecule has 0 unspecified atom stereocenters. The summed E-state index contributed by atoms with van der Waals surface area (Å²) in [6.07, 6.45) is 5.02. The highest BCUT2D eigenvalue weighted by atomic mass is 32.1. The first-order chi connectivity index (χ1) is 15.5. The van der Waals surface area contributed by atoms with Gasteiger partial charge in [-0.2, -0.15) is 0 Å². The summed E-state index contributed by atoms with van der Waals surface area (Å²) in [5.41, 5.74) is 1.45. The largest absolute Gasteiger partial charge is 0.349 e. The van der Waals surface area contributed by atoms with Gasteiger partial charge in [0.1, 0.15) is 17.2 Å². The van der Waals surface area contributed by atoms with E-state index in [1.165, 1.54) is 34.8 Å². The molecule has 5 rings (SSSR count). The van der Waals surface area contributed by atoms with Crippen LogP contribution in [-0.2, 0) is 0 Å². The van der Waals surface area contributed by atoms with E-state index in [1.807, 2.05) is 18.5 Å². The number of fused-ring (bicyclic) bond motifs is 1. The molecule has 1 N–H and O–H groups in total. The van der Waals surface area contributed by atoms with E-state index in [1.54, 1.807) is 27.6 Å². The smallest absolute Gasteiger partial charge is 0.274 e. The molecule has 1 fully saturated rings. The van der Waals surface area contributed by atoms with Crippen molar-refractivity contribution < 1.29 is 14.0 Å². The van der Waals surface area contributed by atoms with Gasteiger partial charge in [0.05, 0.1) is 16.1 Å². The van der Waals surface area contributed by atoms with Crippen LogP contribution in [0.15, 0.2) is 42.0 Å². The van der Waals surface area contributed by atoms with Crippen molar-refractivity contribution in [1.82, 2.24) is 24.6 Å². The highest BCUT2D eigenvalue weighted by molar-refractivity contribution is 7.15. The van der Waals surface area contributed by atoms with Crippen molar-refractivity contribution in [2.75, 3.05) is 13.1 Å². The van der Waals surface area contributed by atoms with Crippen LogP contribution in [0.1, 0.15) is 38.8 Å². The maximum atomic E-state index is 13.8. The van der Waals surface area contributed by atoms with Crippen molar-refractivity contribution in [1.29, 1.82) is 0 Å². The minimum absolute atomic E-state index is 0.125. The average Bonchev–Trinajstić information content (AvgIpc) is 3.54. The van der Waals surface area contributed by atoms with Crippen LogP contribution >= 0.6 is 22.7 Å². The first-order valence-electron chi connectivity index (χ1n) is 10.2. The molecule has 32 heavy (non-hydrogen) atoms. The van der Waals surface area contributed by atoms with E-state index in [-0.39, 0.29) is 23.7 Å². The number of nitrogens with one attached hydrogen (secondary N) is 1. The minimum atomic E-state index is -0.353. The molecule has 1 aliphatic heterocycles. The molecule has 1 aliphatic rings. The lowest BCUT2D eigenvalue weighted by atomic mass is 10.1. The Kier molecular flexibility index (Phi) is 5.48. The molecule has 0 spiro atoms. The molecule has 0 radical (unpaired) electrons. The lowest BCUT2D eigenvalue weighted by Gasteiger charge is -2.24. The molecule has 164 valence electrons. The van der Waals surface area contributed by atoms with Gasteiger partial charge in [-0.15, -0.1) is 22.7 Å². The van der Waals surface area contributed by atoms with Crippen LogP contribution < -0.4 is 5.32 Å². The zero-order chi connectivity index (χ0) is 22.2. The Hall–Kier alpha value is -3.11. The van der Waals surface area contributed by atoms with E-state index in [0.29, 0.717) is 34.9 Å². The SMILES string of the molecule is Cc1nc(C(=O)N2CCC[C@H]2CNC(=O)c2cnc3sccn23)c(-c2cccc(F)c2)s1. The number of aromatic nitrogens is 3. The van der Waals surface area contributed by atoms with Crippen LogP contribution in [0.25, 0.3) is 15.4 Å². The fourth-order valence-electron chi connectivity index (χ4n) is 4.05. The Morgan fingerprint density at radius 1 is 1.34 bits per heavy atom. The maximum absolute atomic E-state index is 13.8. The van der Waals surface area contributed by atoms with Crippen molar-refractivity contribution in [3.05, 3.63) is 64.3 Å². The molecule has 0 aliphatic carbocycles. The molecule has 2 amide bonds. The maximum Gasteiger partial charge on any atom is 0.274 e. The number of aryl methyl sites for hydroxylation is 1. The van der Waals surface area contributed by atoms with Crippen LogP contribution in [0.4, 0.5) is 4.39 Å². The molecule has 4 heterocycles. The van der Waals surface area contributed by atoms with Gasteiger partial charge >= 0.3 is 0 Å². The van der Waals surface area contributed by atoms with Crippen LogP contribution in [0.5, 0.6) is 0 Å². The third kappa shape index (κ3) is 3.80. The molecule has 7 nitrogen and oxygen atoms in total. The van der Waals surface area contributed by atoms with E-state index in [9.17, 15) is 14.0 Å². The Balaban J connectivity index is 1.33. The summed E-state index contributed by atoms with van der Waals surface area (Å²) in [7, 11) is 0. The quantitative estimate of drug-likeness (QED) is 0.479. The number of halogens is 1. The monoisotopic (exact) mass is 469 g/mol. The van der Waals surface area contributed by atoms with Gasteiger partial charge < -0.3 is 10.2 Å². The molecule has 1 atom stereocenters. The number of nitrogens with zero attached hydrogens (tertiary/aromatic N) is 4. The number of benzene rings is 1. The topological polar surface area (TPSA) is 79.6 Å². The lowest BCUT2D eigenvalue weighted by Crippen LogP contribution is -2.43. The molecular weight excluding hydrogens is 449 g/mol. The number of rotatable bonds is 5. The second-order valence-electron chi connectivity index (χ2n) is 7.62. The number of carbonyl (C=O) groups is 2. The summed E-state index contributed by atoms with van der Waals surface area (Å²) in [5, 5.41) is 5.57. The second-order valence-corrected chi connectivity index (χ2v) is 9.70. The van der Waals surface area contributed by atoms with Gasteiger partial charge in [0, 0.05) is 30.7 Å². The number of hydrogen-bond donors (Lipinski definition) is 1. The fourth-order valence-corrected chi connectivity index (χ4v) is 5.64. The van der Waals surface area contributed by atoms with Crippen molar-refractivity contribution in [3.63, 3.8) is 0 Å². The molecule has 1 aromatic carbocycles. The predicted molar refractivity (Wildman–Crippen MR) is 122 cm³/mol. The van der Waals surface area contributed by atoms with E-state index < -0.39 is 0 Å². The molecule has 3 aromatic heterocycles. The number of hydrogen-bond acceptors (Lipinski definition) is 6. The molecule has 4 aromatic rings. The zero-order valence-electron chi connectivity index (χ0n) is 17.2. The van der Waals surface area contributed by atoms with Crippen LogP contribution in [-0.4, -0.2) is 50.2 Å². The summed E-state index contributed by atoms with van der Waals surface area (Å²) in [4.78, 5) is 38.0. The molecule has 10 heteroatoms. The third-order valence-corrected chi connectivity index (χ3v) is 7.33. The number of imidazole rings is 1. The van der Waals surface area contributed by atoms with Crippen molar-refractivity contribution >= 4 is 39.4 Å². The third-order valence-electron chi connectivity index (χ3n) is 5.54. The highest BCUT2D eigenvalue weighted by Gasteiger charge is 2.33. The van der Waals surface area contributed by atoms with Crippen LogP contribution in [0, 0.1) is 12.7 Å². The molecule has 0 bridgehead atoms. The van der Waals surface area contributed by atoms with Gasteiger partial charge in [0.15, 0.2) is 4.96 Å². The van der Waals surface area contributed by atoms with Crippen molar-refractivity contribution in [2.45, 2.75) is 25.8 Å². The van der Waals surface area contributed by atoms with E-state index >= 15 is 0 Å². The summed E-state index contributed by atoms with van der Waals surface area (Å²) < 4.78 is 15.5. The van der Waals surface area contributed by atoms with Gasteiger partial charge in [0.25, 0.3) is 11.8 Å². The van der Waals surface area contributed by atoms with Crippen molar-refractivity contribution in [2.24, 2.45) is 0 Å². The van der Waals surface area contributed by atoms with E-state index in [4.69, 9.17) is 0 Å². The summed E-state index contributed by atoms with van der Waals surface area (Å²) >= 11 is 2.84. The molecular formula is C22H20FN5O2S2. The van der Waals surface area contributed by atoms with Crippen LogP contribution in [0.2, 0.25) is 0 Å². The summed E-state index contributed by atoms with van der Waals surface area (Å²) in [6, 6.07) is 6.08. The second kappa shape index (κ2) is 8.44. The summed E-state index contributed by atoms with van der Waals surface area (Å²) in [5.74, 6) is -0.761. The van der Waals surface area contributed by atoms with E-state index in [0.717, 1.165) is 22.8 Å². The van der Waals surface area contributed by atoms with Gasteiger partial charge in [-0.1, -0.05) is 12.1 Å². The van der Waals surface area contributed by atoms with E-state index in [2.05, 4.69) is 15.3 Å². The lowest BCUT2D eigenvalue weighted by molar-refractivity contribution is 0.0720. The predicted octanol–water partition coefficient (Wildman–Crippen LogP) is 4.00. The number of carbonyl (C=O) groups excluding carboxylic acids is 2. The Bertz CT molecular complexity index is 1310. The first-order valence-corrected chi connectivity index (χ1v) is 11.9. The first kappa shape index (κ1) is 20.8. The van der Waals surface area contributed by atoms with Gasteiger partial charge in [-0.25, -0.2) is 14.4 Å². The normalized spacial score (nSPS) is 16.1. The van der Waals surface area contributed by atoms with Gasteiger partial charge in [-0.05, 0) is 37.5 Å². The van der Waals surface area contributed by atoms with Crippen molar-refractivity contribution in [3.8, 4) is 10.4 Å². The highest BCUT2D eigenvalue weighted by Crippen LogP contribution is 2.32. The number of likely N-dealkylation sites (tertiary alicyclic amines) is 1. The average molecular weight is 470 g/mol. The Labute approximate surface area is 191 Å². The Morgan fingerprint density at radius 3 is 3.06 bits per heavy atom. The van der Waals surface area contributed by atoms with Crippen LogP contribution in [0.3, 0.4) is 0 Å². The molecule has 0 saturated carbocycles. The number of amides is 2. The molecule has 1 saturated heterocycles. The standard InChI is InChI=1S/C22H20FN5O2S2/c1-13-26-18(19(32-13)14-4-2-5-15(23)10-14)21(30)27-7-3-6-16(27)11-24-20(29)17-12-25-22-28(17)8-9-31-22/h2,4-5,8-10,12,16H,3,6-7,11H2,1H3,(H,24,29)/t16-/m0/s1. The fraction of sp³-hybridized carbons (Fsp3) is 0.273. The zero-order valence-corrected chi connectivity index (χ0v) is 18.9.